The average Bonchev–Trinajstić information content (AvgIpc) is 2.42. The largest absolute Gasteiger partial charge is 0.349 e. The van der Waals surface area contributed by atoms with Crippen molar-refractivity contribution < 1.29 is 4.79 Å². The smallest absolute Gasteiger partial charge is 0.224 e. The summed E-state index contributed by atoms with van der Waals surface area (Å²) in [5.74, 6) is 0.454. The van der Waals surface area contributed by atoms with E-state index in [-0.39, 0.29) is 12.3 Å². The molecular weight excluding hydrogens is 285 g/mol. The number of halogens is 2. The van der Waals surface area contributed by atoms with Crippen LogP contribution in [-0.4, -0.2) is 15.9 Å². The summed E-state index contributed by atoms with van der Waals surface area (Å²) in [4.78, 5) is 19.8. The molecular formula is C13H11Cl2N3O. The van der Waals surface area contributed by atoms with Crippen LogP contribution in [0, 0.1) is 0 Å². The van der Waals surface area contributed by atoms with Gasteiger partial charge in [0.25, 0.3) is 0 Å². The van der Waals surface area contributed by atoms with Gasteiger partial charge in [-0.25, -0.2) is 9.97 Å². The number of aromatic nitrogens is 2. The van der Waals surface area contributed by atoms with E-state index in [0.717, 1.165) is 5.56 Å². The molecule has 1 heterocycles. The average molecular weight is 296 g/mol. The summed E-state index contributed by atoms with van der Waals surface area (Å²) < 4.78 is 0. The molecule has 0 fully saturated rings. The van der Waals surface area contributed by atoms with Gasteiger partial charge in [-0.3, -0.25) is 4.79 Å². The number of nitrogens with zero attached hydrogens (tertiary/aromatic N) is 2. The topological polar surface area (TPSA) is 54.9 Å². The Morgan fingerprint density at radius 2 is 1.89 bits per heavy atom. The van der Waals surface area contributed by atoms with Gasteiger partial charge in [0, 0.05) is 12.4 Å². The molecule has 0 saturated carbocycles. The van der Waals surface area contributed by atoms with Gasteiger partial charge in [0.1, 0.15) is 5.82 Å². The summed E-state index contributed by atoms with van der Waals surface area (Å²) in [7, 11) is 0. The minimum Gasteiger partial charge on any atom is -0.349 e. The van der Waals surface area contributed by atoms with Gasteiger partial charge in [-0.2, -0.15) is 0 Å². The molecule has 6 heteroatoms. The van der Waals surface area contributed by atoms with Crippen molar-refractivity contribution in [3.05, 3.63) is 58.1 Å². The number of amides is 1. The maximum absolute atomic E-state index is 11.7. The third kappa shape index (κ3) is 4.19. The summed E-state index contributed by atoms with van der Waals surface area (Å²) >= 11 is 11.7. The molecule has 0 atom stereocenters. The fourth-order valence-corrected chi connectivity index (χ4v) is 1.82. The quantitative estimate of drug-likeness (QED) is 0.943. The first-order valence-corrected chi connectivity index (χ1v) is 6.37. The molecule has 4 nitrogen and oxygen atoms in total. The molecule has 0 bridgehead atoms. The van der Waals surface area contributed by atoms with Gasteiger partial charge >= 0.3 is 0 Å². The fourth-order valence-electron chi connectivity index (χ4n) is 1.50. The lowest BCUT2D eigenvalue weighted by atomic mass is 10.1. The number of rotatable bonds is 4. The minimum atomic E-state index is -0.120. The molecule has 1 N–H and O–H groups in total. The fraction of sp³-hybridized carbons (Fsp3) is 0.154. The molecule has 0 aliphatic rings. The van der Waals surface area contributed by atoms with Crippen molar-refractivity contribution in [1.29, 1.82) is 0 Å². The van der Waals surface area contributed by atoms with Crippen LogP contribution in [0.2, 0.25) is 10.0 Å². The second-order valence-corrected chi connectivity index (χ2v) is 4.68. The Balaban J connectivity index is 1.89. The van der Waals surface area contributed by atoms with Crippen molar-refractivity contribution in [3.63, 3.8) is 0 Å². The molecule has 1 aromatic heterocycles. The summed E-state index contributed by atoms with van der Waals surface area (Å²) in [5.41, 5.74) is 0.806. The highest BCUT2D eigenvalue weighted by Crippen LogP contribution is 2.22. The number of nitrogens with one attached hydrogen (secondary N) is 1. The van der Waals surface area contributed by atoms with Gasteiger partial charge in [0.15, 0.2) is 0 Å². The Bertz CT molecular complexity index is 575. The van der Waals surface area contributed by atoms with E-state index in [1.165, 1.54) is 0 Å². The molecule has 19 heavy (non-hydrogen) atoms. The van der Waals surface area contributed by atoms with Crippen LogP contribution in [0.15, 0.2) is 36.7 Å². The summed E-state index contributed by atoms with van der Waals surface area (Å²) in [5, 5.41) is 3.66. The highest BCUT2D eigenvalue weighted by Gasteiger charge is 2.06. The summed E-state index contributed by atoms with van der Waals surface area (Å²) in [6, 6.07) is 6.85. The molecule has 0 spiro atoms. The predicted molar refractivity (Wildman–Crippen MR) is 74.0 cm³/mol. The van der Waals surface area contributed by atoms with E-state index < -0.39 is 0 Å². The zero-order chi connectivity index (χ0) is 13.7. The zero-order valence-electron chi connectivity index (χ0n) is 9.94. The number of hydrogen-bond donors (Lipinski definition) is 1. The number of hydrogen-bond acceptors (Lipinski definition) is 3. The molecule has 2 rings (SSSR count). The zero-order valence-corrected chi connectivity index (χ0v) is 11.4. The van der Waals surface area contributed by atoms with Crippen LogP contribution in [0.25, 0.3) is 0 Å². The van der Waals surface area contributed by atoms with Crippen LogP contribution in [0.4, 0.5) is 0 Å². The Kier molecular flexibility index (Phi) is 4.71. The molecule has 2 aromatic rings. The molecule has 98 valence electrons. The van der Waals surface area contributed by atoms with Gasteiger partial charge in [-0.05, 0) is 23.8 Å². The molecule has 0 radical (unpaired) electrons. The standard InChI is InChI=1S/C13H11Cl2N3O/c14-10-3-2-9(6-11(10)15)7-13(19)18-8-12-16-4-1-5-17-12/h1-6H,7-8H2,(H,18,19). The van der Waals surface area contributed by atoms with Gasteiger partial charge in [-0.1, -0.05) is 29.3 Å². The maximum atomic E-state index is 11.7. The molecule has 0 aliphatic heterocycles. The van der Waals surface area contributed by atoms with Crippen LogP contribution in [0.1, 0.15) is 11.4 Å². The summed E-state index contributed by atoms with van der Waals surface area (Å²) in [6.07, 6.45) is 3.50. The molecule has 0 saturated heterocycles. The lowest BCUT2D eigenvalue weighted by molar-refractivity contribution is -0.120. The van der Waals surface area contributed by atoms with Crippen molar-refractivity contribution in [2.45, 2.75) is 13.0 Å². The van der Waals surface area contributed by atoms with Gasteiger partial charge in [0.05, 0.1) is 23.0 Å². The van der Waals surface area contributed by atoms with Crippen LogP contribution in [-0.2, 0) is 17.8 Å². The van der Waals surface area contributed by atoms with Gasteiger partial charge in [-0.15, -0.1) is 0 Å². The number of benzene rings is 1. The SMILES string of the molecule is O=C(Cc1ccc(Cl)c(Cl)c1)NCc1ncccn1. The Morgan fingerprint density at radius 1 is 1.16 bits per heavy atom. The Morgan fingerprint density at radius 3 is 2.58 bits per heavy atom. The van der Waals surface area contributed by atoms with E-state index in [1.807, 2.05) is 0 Å². The Hall–Kier alpha value is -1.65. The monoisotopic (exact) mass is 295 g/mol. The van der Waals surface area contributed by atoms with E-state index in [0.29, 0.717) is 22.4 Å². The van der Waals surface area contributed by atoms with Crippen LogP contribution in [0.5, 0.6) is 0 Å². The van der Waals surface area contributed by atoms with Crippen LogP contribution >= 0.6 is 23.2 Å². The lowest BCUT2D eigenvalue weighted by Gasteiger charge is -2.05. The van der Waals surface area contributed by atoms with E-state index in [4.69, 9.17) is 23.2 Å². The lowest BCUT2D eigenvalue weighted by Crippen LogP contribution is -2.25. The second kappa shape index (κ2) is 6.50. The van der Waals surface area contributed by atoms with E-state index >= 15 is 0 Å². The van der Waals surface area contributed by atoms with Crippen molar-refractivity contribution >= 4 is 29.1 Å². The van der Waals surface area contributed by atoms with Gasteiger partial charge < -0.3 is 5.32 Å². The van der Waals surface area contributed by atoms with Crippen molar-refractivity contribution in [3.8, 4) is 0 Å². The van der Waals surface area contributed by atoms with Crippen LogP contribution < -0.4 is 5.32 Å². The minimum absolute atomic E-state index is 0.120. The van der Waals surface area contributed by atoms with Gasteiger partial charge in [0.2, 0.25) is 5.91 Å². The van der Waals surface area contributed by atoms with E-state index in [2.05, 4.69) is 15.3 Å². The Labute approximate surface area is 120 Å². The first kappa shape index (κ1) is 13.8. The highest BCUT2D eigenvalue weighted by atomic mass is 35.5. The third-order valence-electron chi connectivity index (χ3n) is 2.41. The predicted octanol–water partition coefficient (Wildman–Crippen LogP) is 2.64. The number of carbonyl (C=O) groups excluding carboxylic acids is 1. The first-order chi connectivity index (χ1) is 9.15. The second-order valence-electron chi connectivity index (χ2n) is 3.87. The van der Waals surface area contributed by atoms with E-state index in [9.17, 15) is 4.79 Å². The van der Waals surface area contributed by atoms with Crippen molar-refractivity contribution in [2.24, 2.45) is 0 Å². The number of carbonyl (C=O) groups is 1. The van der Waals surface area contributed by atoms with Crippen molar-refractivity contribution in [2.75, 3.05) is 0 Å². The normalized spacial score (nSPS) is 10.2. The molecule has 1 amide bonds. The maximum Gasteiger partial charge on any atom is 0.224 e. The highest BCUT2D eigenvalue weighted by molar-refractivity contribution is 6.42. The molecule has 0 aliphatic carbocycles. The molecule has 1 aromatic carbocycles. The van der Waals surface area contributed by atoms with Crippen LogP contribution in [0.3, 0.4) is 0 Å². The third-order valence-corrected chi connectivity index (χ3v) is 3.15. The summed E-state index contributed by atoms with van der Waals surface area (Å²) in [6.45, 7) is 0.307. The van der Waals surface area contributed by atoms with E-state index in [1.54, 1.807) is 36.7 Å². The first-order valence-electron chi connectivity index (χ1n) is 5.61. The molecule has 0 unspecified atom stereocenters. The van der Waals surface area contributed by atoms with Crippen molar-refractivity contribution in [1.82, 2.24) is 15.3 Å².